The molecule has 1 amide bonds. The van der Waals surface area contributed by atoms with E-state index in [1.54, 1.807) is 30.3 Å². The van der Waals surface area contributed by atoms with E-state index in [0.717, 1.165) is 0 Å². The molecule has 2 aromatic carbocycles. The number of thiol groups is 1. The molecule has 1 N–H and O–H groups in total. The van der Waals surface area contributed by atoms with Gasteiger partial charge in [-0.05, 0) is 24.3 Å². The van der Waals surface area contributed by atoms with Crippen LogP contribution in [0, 0.1) is 17.1 Å². The summed E-state index contributed by atoms with van der Waals surface area (Å²) in [4.78, 5) is 12.5. The lowest BCUT2D eigenvalue weighted by Crippen LogP contribution is -2.14. The summed E-state index contributed by atoms with van der Waals surface area (Å²) < 4.78 is 13.4. The fourth-order valence-electron chi connectivity index (χ4n) is 1.60. The van der Waals surface area contributed by atoms with Gasteiger partial charge < -0.3 is 5.32 Å². The third-order valence-electron chi connectivity index (χ3n) is 2.52. The number of hydrogen-bond donors (Lipinski definition) is 2. The monoisotopic (exact) mass is 272 g/mol. The summed E-state index contributed by atoms with van der Waals surface area (Å²) >= 11 is 4.17. The van der Waals surface area contributed by atoms with E-state index in [9.17, 15) is 9.18 Å². The van der Waals surface area contributed by atoms with Crippen LogP contribution in [0.25, 0.3) is 0 Å². The van der Waals surface area contributed by atoms with Crippen LogP contribution in [0.5, 0.6) is 0 Å². The maximum Gasteiger partial charge on any atom is 0.256 e. The van der Waals surface area contributed by atoms with Gasteiger partial charge in [0.25, 0.3) is 5.91 Å². The van der Waals surface area contributed by atoms with Crippen molar-refractivity contribution < 1.29 is 9.18 Å². The van der Waals surface area contributed by atoms with E-state index >= 15 is 0 Å². The van der Waals surface area contributed by atoms with Crippen LogP contribution in [0.4, 0.5) is 10.1 Å². The number of hydrogen-bond acceptors (Lipinski definition) is 3. The molecule has 3 nitrogen and oxygen atoms in total. The van der Waals surface area contributed by atoms with Crippen LogP contribution >= 0.6 is 12.6 Å². The second kappa shape index (κ2) is 5.55. The van der Waals surface area contributed by atoms with Gasteiger partial charge in [-0.2, -0.15) is 5.26 Å². The Bertz CT molecular complexity index is 679. The Labute approximate surface area is 115 Å². The van der Waals surface area contributed by atoms with E-state index < -0.39 is 11.7 Å². The molecule has 0 spiro atoms. The van der Waals surface area contributed by atoms with E-state index in [1.807, 2.05) is 0 Å². The van der Waals surface area contributed by atoms with Crippen molar-refractivity contribution in [1.29, 1.82) is 5.26 Å². The summed E-state index contributed by atoms with van der Waals surface area (Å²) in [6, 6.07) is 12.5. The minimum absolute atomic E-state index is 0.143. The Balaban J connectivity index is 2.33. The van der Waals surface area contributed by atoms with Crippen LogP contribution in [-0.2, 0) is 0 Å². The topological polar surface area (TPSA) is 52.9 Å². The molecule has 0 aliphatic rings. The molecule has 19 heavy (non-hydrogen) atoms. The smallest absolute Gasteiger partial charge is 0.256 e. The maximum atomic E-state index is 13.4. The van der Waals surface area contributed by atoms with Gasteiger partial charge in [-0.25, -0.2) is 4.39 Å². The van der Waals surface area contributed by atoms with E-state index in [0.29, 0.717) is 10.5 Å². The molecule has 0 saturated carbocycles. The van der Waals surface area contributed by atoms with Gasteiger partial charge in [-0.1, -0.05) is 18.2 Å². The predicted molar refractivity (Wildman–Crippen MR) is 72.8 cm³/mol. The highest BCUT2D eigenvalue weighted by atomic mass is 32.1. The second-order valence-corrected chi connectivity index (χ2v) is 4.23. The largest absolute Gasteiger partial charge is 0.321 e. The maximum absolute atomic E-state index is 13.4. The van der Waals surface area contributed by atoms with Gasteiger partial charge in [0.15, 0.2) is 0 Å². The van der Waals surface area contributed by atoms with Crippen LogP contribution in [-0.4, -0.2) is 5.91 Å². The van der Waals surface area contributed by atoms with Crippen molar-refractivity contribution in [3.05, 3.63) is 59.4 Å². The fraction of sp³-hybridized carbons (Fsp3) is 0. The Morgan fingerprint density at radius 2 is 1.95 bits per heavy atom. The zero-order valence-corrected chi connectivity index (χ0v) is 10.6. The molecule has 0 aliphatic carbocycles. The summed E-state index contributed by atoms with van der Waals surface area (Å²) in [5, 5.41) is 11.4. The third-order valence-corrected chi connectivity index (χ3v) is 2.91. The summed E-state index contributed by atoms with van der Waals surface area (Å²) in [6.07, 6.45) is 0. The van der Waals surface area contributed by atoms with Crippen molar-refractivity contribution in [2.45, 2.75) is 4.90 Å². The minimum atomic E-state index is -0.667. The lowest BCUT2D eigenvalue weighted by atomic mass is 10.1. The highest BCUT2D eigenvalue weighted by Crippen LogP contribution is 2.20. The molecular weight excluding hydrogens is 263 g/mol. The molecule has 0 atom stereocenters. The minimum Gasteiger partial charge on any atom is -0.321 e. The summed E-state index contributed by atoms with van der Waals surface area (Å²) in [5.74, 6) is -1.10. The fourth-order valence-corrected chi connectivity index (χ4v) is 1.86. The first-order valence-electron chi connectivity index (χ1n) is 5.41. The molecule has 0 aliphatic heterocycles. The zero-order valence-electron chi connectivity index (χ0n) is 9.72. The van der Waals surface area contributed by atoms with Crippen molar-refractivity contribution in [3.8, 4) is 6.07 Å². The van der Waals surface area contributed by atoms with Crippen LogP contribution in [0.1, 0.15) is 15.9 Å². The Morgan fingerprint density at radius 1 is 1.21 bits per heavy atom. The number of carbonyl (C=O) groups excluding carboxylic acids is 1. The molecule has 0 radical (unpaired) electrons. The molecule has 0 aromatic heterocycles. The standard InChI is InChI=1S/C14H9FN2OS/c15-11-5-3-6-12(10(11)8-16)17-14(18)9-4-1-2-7-13(9)19/h1-7,19H,(H,17,18). The molecule has 2 rings (SSSR count). The average Bonchev–Trinajstić information content (AvgIpc) is 2.39. The van der Waals surface area contributed by atoms with Gasteiger partial charge >= 0.3 is 0 Å². The number of carbonyl (C=O) groups is 1. The molecule has 94 valence electrons. The molecule has 0 fully saturated rings. The number of halogens is 1. The van der Waals surface area contributed by atoms with E-state index in [-0.39, 0.29) is 11.3 Å². The van der Waals surface area contributed by atoms with Crippen molar-refractivity contribution in [2.24, 2.45) is 0 Å². The number of benzene rings is 2. The van der Waals surface area contributed by atoms with Crippen molar-refractivity contribution in [2.75, 3.05) is 5.32 Å². The number of nitrogens with zero attached hydrogens (tertiary/aromatic N) is 1. The molecular formula is C14H9FN2OS. The summed E-state index contributed by atoms with van der Waals surface area (Å²) in [5.41, 5.74) is 0.315. The van der Waals surface area contributed by atoms with Crippen molar-refractivity contribution in [1.82, 2.24) is 0 Å². The molecule has 0 heterocycles. The molecule has 0 bridgehead atoms. The predicted octanol–water partition coefficient (Wildman–Crippen LogP) is 3.24. The van der Waals surface area contributed by atoms with Crippen molar-refractivity contribution in [3.63, 3.8) is 0 Å². The second-order valence-electron chi connectivity index (χ2n) is 3.75. The molecule has 0 saturated heterocycles. The normalized spacial score (nSPS) is 9.74. The highest BCUT2D eigenvalue weighted by Gasteiger charge is 2.13. The summed E-state index contributed by atoms with van der Waals surface area (Å²) in [6.45, 7) is 0. The lowest BCUT2D eigenvalue weighted by Gasteiger charge is -2.08. The first kappa shape index (κ1) is 13.1. The van der Waals surface area contributed by atoms with Crippen LogP contribution in [0.2, 0.25) is 0 Å². The number of rotatable bonds is 2. The Kier molecular flexibility index (Phi) is 3.83. The van der Waals surface area contributed by atoms with Gasteiger partial charge in [0.1, 0.15) is 17.4 Å². The zero-order chi connectivity index (χ0) is 13.8. The Morgan fingerprint density at radius 3 is 2.63 bits per heavy atom. The van der Waals surface area contributed by atoms with Gasteiger partial charge in [0, 0.05) is 4.90 Å². The lowest BCUT2D eigenvalue weighted by molar-refractivity contribution is 0.102. The van der Waals surface area contributed by atoms with E-state index in [4.69, 9.17) is 5.26 Å². The van der Waals surface area contributed by atoms with E-state index in [1.165, 1.54) is 18.2 Å². The SMILES string of the molecule is N#Cc1c(F)cccc1NC(=O)c1ccccc1S. The number of nitrogens with one attached hydrogen (secondary N) is 1. The van der Waals surface area contributed by atoms with Crippen molar-refractivity contribution >= 4 is 24.2 Å². The molecule has 5 heteroatoms. The Hall–Kier alpha value is -2.32. The van der Waals surface area contributed by atoms with Crippen LogP contribution in [0.3, 0.4) is 0 Å². The van der Waals surface area contributed by atoms with E-state index in [2.05, 4.69) is 17.9 Å². The quantitative estimate of drug-likeness (QED) is 0.825. The van der Waals surface area contributed by atoms with Gasteiger partial charge in [-0.3, -0.25) is 4.79 Å². The number of amides is 1. The van der Waals surface area contributed by atoms with Crippen LogP contribution < -0.4 is 5.32 Å². The first-order chi connectivity index (χ1) is 9.13. The van der Waals surface area contributed by atoms with Crippen LogP contribution in [0.15, 0.2) is 47.4 Å². The van der Waals surface area contributed by atoms with Gasteiger partial charge in [0.2, 0.25) is 0 Å². The van der Waals surface area contributed by atoms with Gasteiger partial charge in [-0.15, -0.1) is 12.6 Å². The third kappa shape index (κ3) is 2.75. The van der Waals surface area contributed by atoms with Gasteiger partial charge in [0.05, 0.1) is 11.3 Å². The highest BCUT2D eigenvalue weighted by molar-refractivity contribution is 7.80. The summed E-state index contributed by atoms with van der Waals surface area (Å²) in [7, 11) is 0. The molecule has 2 aromatic rings. The average molecular weight is 272 g/mol. The molecule has 0 unspecified atom stereocenters. The number of anilines is 1. The number of nitriles is 1. The first-order valence-corrected chi connectivity index (χ1v) is 5.86.